The SMILES string of the molecule is CCCNc1cc(NCc2ccccc2)ncn1. The summed E-state index contributed by atoms with van der Waals surface area (Å²) in [4.78, 5) is 8.37. The smallest absolute Gasteiger partial charge is 0.131 e. The molecule has 0 unspecified atom stereocenters. The summed E-state index contributed by atoms with van der Waals surface area (Å²) in [5.74, 6) is 1.70. The van der Waals surface area contributed by atoms with Gasteiger partial charge in [-0.05, 0) is 12.0 Å². The van der Waals surface area contributed by atoms with Gasteiger partial charge in [0, 0.05) is 19.2 Å². The van der Waals surface area contributed by atoms with Crippen LogP contribution in [0.15, 0.2) is 42.7 Å². The molecule has 0 aliphatic rings. The Hall–Kier alpha value is -2.10. The number of benzene rings is 1. The molecule has 0 fully saturated rings. The fourth-order valence-corrected chi connectivity index (χ4v) is 1.59. The van der Waals surface area contributed by atoms with Crippen LogP contribution in [0.3, 0.4) is 0 Å². The Kier molecular flexibility index (Phi) is 4.53. The van der Waals surface area contributed by atoms with E-state index in [1.54, 1.807) is 6.33 Å². The summed E-state index contributed by atoms with van der Waals surface area (Å²) in [5, 5.41) is 6.53. The van der Waals surface area contributed by atoms with E-state index in [4.69, 9.17) is 0 Å². The molecule has 18 heavy (non-hydrogen) atoms. The highest BCUT2D eigenvalue weighted by molar-refractivity contribution is 5.46. The largest absolute Gasteiger partial charge is 0.370 e. The number of hydrogen-bond acceptors (Lipinski definition) is 4. The maximum atomic E-state index is 4.20. The van der Waals surface area contributed by atoms with Gasteiger partial charge in [0.05, 0.1) is 0 Å². The molecule has 0 amide bonds. The van der Waals surface area contributed by atoms with Crippen LogP contribution in [0.5, 0.6) is 0 Å². The van der Waals surface area contributed by atoms with Gasteiger partial charge in [-0.25, -0.2) is 9.97 Å². The van der Waals surface area contributed by atoms with Crippen LogP contribution in [-0.4, -0.2) is 16.5 Å². The first-order valence-electron chi connectivity index (χ1n) is 6.22. The quantitative estimate of drug-likeness (QED) is 0.817. The van der Waals surface area contributed by atoms with E-state index < -0.39 is 0 Å². The summed E-state index contributed by atoms with van der Waals surface area (Å²) in [7, 11) is 0. The number of aromatic nitrogens is 2. The third-order valence-corrected chi connectivity index (χ3v) is 2.54. The van der Waals surface area contributed by atoms with Crippen LogP contribution in [0.2, 0.25) is 0 Å². The lowest BCUT2D eigenvalue weighted by Gasteiger charge is -2.08. The van der Waals surface area contributed by atoms with Gasteiger partial charge in [0.2, 0.25) is 0 Å². The molecule has 1 aromatic heterocycles. The molecule has 0 spiro atoms. The van der Waals surface area contributed by atoms with Gasteiger partial charge in [-0.3, -0.25) is 0 Å². The zero-order chi connectivity index (χ0) is 12.6. The first kappa shape index (κ1) is 12.4. The minimum Gasteiger partial charge on any atom is -0.370 e. The van der Waals surface area contributed by atoms with Crippen molar-refractivity contribution in [3.8, 4) is 0 Å². The summed E-state index contributed by atoms with van der Waals surface area (Å²) in [6.45, 7) is 3.82. The van der Waals surface area contributed by atoms with Crippen molar-refractivity contribution >= 4 is 11.6 Å². The molecule has 0 bridgehead atoms. The standard InChI is InChI=1S/C14H18N4/c1-2-8-15-13-9-14(18-11-17-13)16-10-12-6-4-3-5-7-12/h3-7,9,11H,2,8,10H2,1H3,(H2,15,16,17,18). The first-order chi connectivity index (χ1) is 8.88. The van der Waals surface area contributed by atoms with Crippen LogP contribution in [-0.2, 0) is 6.54 Å². The number of anilines is 2. The highest BCUT2D eigenvalue weighted by Gasteiger charge is 1.98. The lowest BCUT2D eigenvalue weighted by atomic mass is 10.2. The van der Waals surface area contributed by atoms with Gasteiger partial charge in [0.1, 0.15) is 18.0 Å². The summed E-state index contributed by atoms with van der Waals surface area (Å²) in [6, 6.07) is 12.2. The van der Waals surface area contributed by atoms with Crippen molar-refractivity contribution in [3.05, 3.63) is 48.3 Å². The second-order valence-corrected chi connectivity index (χ2v) is 4.05. The van der Waals surface area contributed by atoms with Crippen molar-refractivity contribution in [2.45, 2.75) is 19.9 Å². The van der Waals surface area contributed by atoms with Crippen molar-refractivity contribution < 1.29 is 0 Å². The Morgan fingerprint density at radius 2 is 1.72 bits per heavy atom. The molecule has 0 aliphatic heterocycles. The average molecular weight is 242 g/mol. The van der Waals surface area contributed by atoms with Crippen molar-refractivity contribution in [3.63, 3.8) is 0 Å². The number of hydrogen-bond donors (Lipinski definition) is 2. The summed E-state index contributed by atoms with van der Waals surface area (Å²) >= 11 is 0. The Labute approximate surface area is 107 Å². The molecular formula is C14H18N4. The fraction of sp³-hybridized carbons (Fsp3) is 0.286. The molecule has 2 aromatic rings. The predicted octanol–water partition coefficient (Wildman–Crippen LogP) is 2.91. The second kappa shape index (κ2) is 6.59. The summed E-state index contributed by atoms with van der Waals surface area (Å²) in [6.07, 6.45) is 2.65. The molecule has 4 nitrogen and oxygen atoms in total. The molecule has 0 saturated heterocycles. The van der Waals surface area contributed by atoms with Gasteiger partial charge < -0.3 is 10.6 Å². The van der Waals surface area contributed by atoms with Crippen LogP contribution in [0.25, 0.3) is 0 Å². The van der Waals surface area contributed by atoms with E-state index >= 15 is 0 Å². The molecule has 0 atom stereocenters. The van der Waals surface area contributed by atoms with Gasteiger partial charge >= 0.3 is 0 Å². The topological polar surface area (TPSA) is 49.8 Å². The zero-order valence-corrected chi connectivity index (χ0v) is 10.6. The van der Waals surface area contributed by atoms with Crippen LogP contribution in [0, 0.1) is 0 Å². The second-order valence-electron chi connectivity index (χ2n) is 4.05. The minimum absolute atomic E-state index is 0.769. The normalized spacial score (nSPS) is 10.1. The van der Waals surface area contributed by atoms with Crippen molar-refractivity contribution in [1.82, 2.24) is 9.97 Å². The molecule has 0 aliphatic carbocycles. The summed E-state index contributed by atoms with van der Waals surface area (Å²) < 4.78 is 0. The van der Waals surface area contributed by atoms with E-state index in [1.807, 2.05) is 24.3 Å². The lowest BCUT2D eigenvalue weighted by molar-refractivity contribution is 0.963. The van der Waals surface area contributed by atoms with Crippen LogP contribution in [0.1, 0.15) is 18.9 Å². The van der Waals surface area contributed by atoms with Gasteiger partial charge in [0.15, 0.2) is 0 Å². The van der Waals surface area contributed by atoms with E-state index in [0.29, 0.717) is 0 Å². The van der Waals surface area contributed by atoms with Gasteiger partial charge in [-0.15, -0.1) is 0 Å². The van der Waals surface area contributed by atoms with Gasteiger partial charge in [-0.2, -0.15) is 0 Å². The Morgan fingerprint density at radius 1 is 1.00 bits per heavy atom. The number of nitrogens with one attached hydrogen (secondary N) is 2. The van der Waals surface area contributed by atoms with E-state index in [-0.39, 0.29) is 0 Å². The molecule has 1 heterocycles. The monoisotopic (exact) mass is 242 g/mol. The Morgan fingerprint density at radius 3 is 2.44 bits per heavy atom. The number of rotatable bonds is 6. The van der Waals surface area contributed by atoms with Crippen molar-refractivity contribution in [1.29, 1.82) is 0 Å². The molecule has 2 rings (SSSR count). The third kappa shape index (κ3) is 3.73. The van der Waals surface area contributed by atoms with Gasteiger partial charge in [-0.1, -0.05) is 37.3 Å². The van der Waals surface area contributed by atoms with E-state index in [2.05, 4.69) is 39.7 Å². The van der Waals surface area contributed by atoms with Crippen LogP contribution < -0.4 is 10.6 Å². The zero-order valence-electron chi connectivity index (χ0n) is 10.6. The Bertz CT molecular complexity index is 470. The molecule has 0 saturated carbocycles. The molecule has 1 aromatic carbocycles. The highest BCUT2D eigenvalue weighted by Crippen LogP contribution is 2.10. The predicted molar refractivity (Wildman–Crippen MR) is 74.6 cm³/mol. The molecule has 2 N–H and O–H groups in total. The maximum Gasteiger partial charge on any atom is 0.131 e. The first-order valence-corrected chi connectivity index (χ1v) is 6.22. The van der Waals surface area contributed by atoms with E-state index in [0.717, 1.165) is 31.1 Å². The van der Waals surface area contributed by atoms with Crippen LogP contribution in [0.4, 0.5) is 11.6 Å². The summed E-state index contributed by atoms with van der Waals surface area (Å²) in [5.41, 5.74) is 1.24. The highest BCUT2D eigenvalue weighted by atomic mass is 15.1. The fourth-order valence-electron chi connectivity index (χ4n) is 1.59. The Balaban J connectivity index is 1.93. The molecular weight excluding hydrogens is 224 g/mol. The van der Waals surface area contributed by atoms with E-state index in [9.17, 15) is 0 Å². The minimum atomic E-state index is 0.769. The molecule has 94 valence electrons. The molecule has 4 heteroatoms. The lowest BCUT2D eigenvalue weighted by Crippen LogP contribution is -2.05. The average Bonchev–Trinajstić information content (AvgIpc) is 2.44. The molecule has 0 radical (unpaired) electrons. The number of nitrogens with zero attached hydrogens (tertiary/aromatic N) is 2. The van der Waals surface area contributed by atoms with E-state index in [1.165, 1.54) is 5.56 Å². The van der Waals surface area contributed by atoms with Crippen LogP contribution >= 0.6 is 0 Å². The third-order valence-electron chi connectivity index (χ3n) is 2.54. The van der Waals surface area contributed by atoms with Crippen molar-refractivity contribution in [2.24, 2.45) is 0 Å². The van der Waals surface area contributed by atoms with Gasteiger partial charge in [0.25, 0.3) is 0 Å². The maximum absolute atomic E-state index is 4.20. The van der Waals surface area contributed by atoms with Crippen molar-refractivity contribution in [2.75, 3.05) is 17.2 Å².